The summed E-state index contributed by atoms with van der Waals surface area (Å²) < 4.78 is 16.9. The molecule has 1 aromatic carbocycles. The summed E-state index contributed by atoms with van der Waals surface area (Å²) in [5, 5.41) is 12.8. The Bertz CT molecular complexity index is 803. The number of benzene rings is 1. The molecule has 0 N–H and O–H groups in total. The topological polar surface area (TPSA) is 50.1 Å². The van der Waals surface area contributed by atoms with Crippen molar-refractivity contribution in [3.8, 4) is 0 Å². The Morgan fingerprint density at radius 3 is 2.21 bits per heavy atom. The van der Waals surface area contributed by atoms with Gasteiger partial charge in [-0.15, -0.1) is 5.10 Å². The molecule has 1 saturated heterocycles. The Labute approximate surface area is 172 Å². The molecule has 0 bridgehead atoms. The molecule has 0 spiro atoms. The van der Waals surface area contributed by atoms with Crippen LogP contribution in [0.4, 0.5) is 4.39 Å². The fourth-order valence-electron chi connectivity index (χ4n) is 5.62. The molecule has 29 heavy (non-hydrogen) atoms. The zero-order chi connectivity index (χ0) is 19.6. The first-order valence-corrected chi connectivity index (χ1v) is 11.3. The van der Waals surface area contributed by atoms with Crippen molar-refractivity contribution in [2.24, 2.45) is 0 Å². The highest BCUT2D eigenvalue weighted by Crippen LogP contribution is 2.35. The Balaban J connectivity index is 1.43. The third-order valence-corrected chi connectivity index (χ3v) is 7.19. The fraction of sp³-hybridized carbons (Fsp3) is 0.682. The normalized spacial score (nSPS) is 23.8. The lowest BCUT2D eigenvalue weighted by molar-refractivity contribution is 0.0755. The number of aromatic nitrogens is 4. The molecule has 0 radical (unpaired) electrons. The molecular formula is C22H31FN6. The Morgan fingerprint density at radius 1 is 0.862 bits per heavy atom. The van der Waals surface area contributed by atoms with Crippen molar-refractivity contribution in [3.63, 3.8) is 0 Å². The van der Waals surface area contributed by atoms with Crippen molar-refractivity contribution in [2.75, 3.05) is 26.2 Å². The maximum absolute atomic E-state index is 14.9. The van der Waals surface area contributed by atoms with Gasteiger partial charge in [0.25, 0.3) is 0 Å². The van der Waals surface area contributed by atoms with Crippen LogP contribution in [-0.4, -0.2) is 62.2 Å². The van der Waals surface area contributed by atoms with Gasteiger partial charge in [-0.2, -0.15) is 0 Å². The van der Waals surface area contributed by atoms with E-state index in [1.807, 2.05) is 16.8 Å². The molecule has 2 aromatic rings. The first kappa shape index (κ1) is 19.1. The molecule has 1 aliphatic heterocycles. The molecule has 2 saturated carbocycles. The van der Waals surface area contributed by atoms with Gasteiger partial charge in [-0.1, -0.05) is 43.9 Å². The summed E-state index contributed by atoms with van der Waals surface area (Å²) in [6, 6.07) is 8.00. The molecular weight excluding hydrogens is 367 g/mol. The SMILES string of the molecule is Fc1ccccc1C(c1nnnn1C1CCCC1)N1CCN(C2CCCC2)CC1. The van der Waals surface area contributed by atoms with E-state index in [4.69, 9.17) is 0 Å². The molecule has 1 aromatic heterocycles. The van der Waals surface area contributed by atoms with E-state index in [1.165, 1.54) is 38.5 Å². The van der Waals surface area contributed by atoms with Crippen LogP contribution < -0.4 is 0 Å². The van der Waals surface area contributed by atoms with Crippen LogP contribution in [-0.2, 0) is 0 Å². The van der Waals surface area contributed by atoms with Crippen molar-refractivity contribution >= 4 is 0 Å². The summed E-state index contributed by atoms with van der Waals surface area (Å²) in [5.41, 5.74) is 0.691. The Kier molecular flexibility index (Phi) is 5.59. The van der Waals surface area contributed by atoms with Gasteiger partial charge in [0.15, 0.2) is 5.82 Å². The number of halogens is 1. The van der Waals surface area contributed by atoms with E-state index in [-0.39, 0.29) is 11.9 Å². The highest BCUT2D eigenvalue weighted by Gasteiger charge is 2.35. The van der Waals surface area contributed by atoms with Crippen LogP contribution in [0.25, 0.3) is 0 Å². The lowest BCUT2D eigenvalue weighted by Crippen LogP contribution is -2.51. The Hall–Kier alpha value is -1.86. The van der Waals surface area contributed by atoms with E-state index in [2.05, 4.69) is 25.3 Å². The van der Waals surface area contributed by atoms with Crippen LogP contribution in [0.3, 0.4) is 0 Å². The predicted octanol–water partition coefficient (Wildman–Crippen LogP) is 3.58. The standard InChI is InChI=1S/C22H31FN6/c23-20-12-6-5-11-19(20)21(22-24-25-26-29(22)18-9-3-4-10-18)28-15-13-27(14-16-28)17-7-1-2-8-17/h5-6,11-12,17-18,21H,1-4,7-10,13-16H2. The quantitative estimate of drug-likeness (QED) is 0.771. The van der Waals surface area contributed by atoms with Crippen LogP contribution in [0.15, 0.2) is 24.3 Å². The largest absolute Gasteiger partial charge is 0.298 e. The van der Waals surface area contributed by atoms with Crippen LogP contribution in [0.2, 0.25) is 0 Å². The summed E-state index contributed by atoms with van der Waals surface area (Å²) in [4.78, 5) is 5.03. The fourth-order valence-corrected chi connectivity index (χ4v) is 5.62. The van der Waals surface area contributed by atoms with Gasteiger partial charge in [0.2, 0.25) is 0 Å². The second kappa shape index (κ2) is 8.48. The van der Waals surface area contributed by atoms with Crippen molar-refractivity contribution in [2.45, 2.75) is 69.5 Å². The summed E-state index contributed by atoms with van der Waals surface area (Å²) >= 11 is 0. The van der Waals surface area contributed by atoms with Gasteiger partial charge in [-0.05, 0) is 42.2 Å². The molecule has 5 rings (SSSR count). The average molecular weight is 399 g/mol. The smallest absolute Gasteiger partial charge is 0.173 e. The van der Waals surface area contributed by atoms with E-state index >= 15 is 0 Å². The predicted molar refractivity (Wildman–Crippen MR) is 109 cm³/mol. The lowest BCUT2D eigenvalue weighted by atomic mass is 10.0. The number of hydrogen-bond donors (Lipinski definition) is 0. The highest BCUT2D eigenvalue weighted by atomic mass is 19.1. The molecule has 2 heterocycles. The van der Waals surface area contributed by atoms with Gasteiger partial charge >= 0.3 is 0 Å². The molecule has 3 aliphatic rings. The molecule has 7 heteroatoms. The van der Waals surface area contributed by atoms with Gasteiger partial charge in [-0.25, -0.2) is 9.07 Å². The third kappa shape index (κ3) is 3.82. The van der Waals surface area contributed by atoms with Crippen LogP contribution in [0.5, 0.6) is 0 Å². The van der Waals surface area contributed by atoms with E-state index in [1.54, 1.807) is 12.1 Å². The summed E-state index contributed by atoms with van der Waals surface area (Å²) in [6.45, 7) is 3.93. The first-order valence-electron chi connectivity index (χ1n) is 11.3. The van der Waals surface area contributed by atoms with Crippen LogP contribution in [0.1, 0.15) is 74.8 Å². The molecule has 0 amide bonds. The molecule has 156 valence electrons. The van der Waals surface area contributed by atoms with Gasteiger partial charge in [0.05, 0.1) is 6.04 Å². The number of rotatable bonds is 5. The molecule has 1 atom stereocenters. The lowest BCUT2D eigenvalue weighted by Gasteiger charge is -2.41. The molecule has 1 unspecified atom stereocenters. The first-order chi connectivity index (χ1) is 14.3. The van der Waals surface area contributed by atoms with E-state index < -0.39 is 0 Å². The zero-order valence-electron chi connectivity index (χ0n) is 17.1. The molecule has 3 fully saturated rings. The number of tetrazole rings is 1. The monoisotopic (exact) mass is 398 g/mol. The third-order valence-electron chi connectivity index (χ3n) is 7.19. The van der Waals surface area contributed by atoms with Gasteiger partial charge < -0.3 is 0 Å². The van der Waals surface area contributed by atoms with Gasteiger partial charge in [0, 0.05) is 37.8 Å². The minimum Gasteiger partial charge on any atom is -0.298 e. The van der Waals surface area contributed by atoms with Gasteiger partial charge in [0.1, 0.15) is 11.9 Å². The number of nitrogens with zero attached hydrogens (tertiary/aromatic N) is 6. The maximum Gasteiger partial charge on any atom is 0.173 e. The average Bonchev–Trinajstić information content (AvgIpc) is 3.52. The minimum absolute atomic E-state index is 0.170. The minimum atomic E-state index is -0.225. The second-order valence-corrected chi connectivity index (χ2v) is 8.85. The van der Waals surface area contributed by atoms with E-state index in [0.29, 0.717) is 11.6 Å². The van der Waals surface area contributed by atoms with E-state index in [9.17, 15) is 4.39 Å². The maximum atomic E-state index is 14.9. The highest BCUT2D eigenvalue weighted by molar-refractivity contribution is 5.27. The van der Waals surface area contributed by atoms with E-state index in [0.717, 1.165) is 50.9 Å². The van der Waals surface area contributed by atoms with Crippen molar-refractivity contribution in [3.05, 3.63) is 41.5 Å². The van der Waals surface area contributed by atoms with Crippen molar-refractivity contribution < 1.29 is 4.39 Å². The van der Waals surface area contributed by atoms with Crippen LogP contribution >= 0.6 is 0 Å². The summed E-state index contributed by atoms with van der Waals surface area (Å²) in [5.74, 6) is 0.632. The molecule has 2 aliphatic carbocycles. The number of hydrogen-bond acceptors (Lipinski definition) is 5. The Morgan fingerprint density at radius 2 is 1.52 bits per heavy atom. The summed E-state index contributed by atoms with van der Waals surface area (Å²) in [7, 11) is 0. The van der Waals surface area contributed by atoms with Gasteiger partial charge in [-0.3, -0.25) is 9.80 Å². The zero-order valence-corrected chi connectivity index (χ0v) is 17.1. The number of piperazine rings is 1. The van der Waals surface area contributed by atoms with Crippen molar-refractivity contribution in [1.82, 2.24) is 30.0 Å². The molecule has 6 nitrogen and oxygen atoms in total. The summed E-state index contributed by atoms with van der Waals surface area (Å²) in [6.07, 6.45) is 10.0. The second-order valence-electron chi connectivity index (χ2n) is 8.85. The van der Waals surface area contributed by atoms with Crippen molar-refractivity contribution in [1.29, 1.82) is 0 Å². The van der Waals surface area contributed by atoms with Crippen LogP contribution in [0, 0.1) is 5.82 Å².